The standard InChI is InChI=1S/C18H20F2N2O/c1-11-4-6-15(8-12(11)2)22-18(23)10-21-13(3)14-5-7-16(19)17(20)9-14/h4-9,13,21H,10H2,1-3H3,(H,22,23)/p+1/t13-/m1/s1. The van der Waals surface area contributed by atoms with E-state index in [1.54, 1.807) is 5.32 Å². The van der Waals surface area contributed by atoms with Gasteiger partial charge in [0, 0.05) is 11.3 Å². The summed E-state index contributed by atoms with van der Waals surface area (Å²) in [5, 5.41) is 4.61. The lowest BCUT2D eigenvalue weighted by Gasteiger charge is -2.12. The normalized spacial score (nSPS) is 12.0. The number of nitrogens with two attached hydrogens (primary N) is 1. The maximum absolute atomic E-state index is 13.2. The van der Waals surface area contributed by atoms with E-state index in [2.05, 4.69) is 5.32 Å². The fourth-order valence-corrected chi connectivity index (χ4v) is 2.25. The Bertz CT molecular complexity index is 716. The summed E-state index contributed by atoms with van der Waals surface area (Å²) in [5.41, 5.74) is 3.68. The van der Waals surface area contributed by atoms with E-state index in [1.807, 2.05) is 39.0 Å². The van der Waals surface area contributed by atoms with Crippen LogP contribution in [0.15, 0.2) is 36.4 Å². The van der Waals surface area contributed by atoms with Gasteiger partial charge < -0.3 is 10.6 Å². The number of amides is 1. The highest BCUT2D eigenvalue weighted by Crippen LogP contribution is 2.14. The molecule has 2 rings (SSSR count). The Labute approximate surface area is 134 Å². The summed E-state index contributed by atoms with van der Waals surface area (Å²) in [6.07, 6.45) is 0. The second-order valence-electron chi connectivity index (χ2n) is 5.75. The molecule has 0 aliphatic heterocycles. The topological polar surface area (TPSA) is 45.7 Å². The average Bonchev–Trinajstić information content (AvgIpc) is 2.51. The van der Waals surface area contributed by atoms with E-state index >= 15 is 0 Å². The van der Waals surface area contributed by atoms with Crippen molar-refractivity contribution in [3.63, 3.8) is 0 Å². The third-order valence-corrected chi connectivity index (χ3v) is 3.92. The molecule has 0 spiro atoms. The van der Waals surface area contributed by atoms with Crippen LogP contribution in [-0.4, -0.2) is 12.5 Å². The Kier molecular flexibility index (Phi) is 5.45. The van der Waals surface area contributed by atoms with Gasteiger partial charge in [-0.05, 0) is 62.2 Å². The van der Waals surface area contributed by atoms with Crippen LogP contribution in [0.25, 0.3) is 0 Å². The molecule has 1 atom stereocenters. The molecule has 0 saturated heterocycles. The maximum Gasteiger partial charge on any atom is 0.279 e. The van der Waals surface area contributed by atoms with Crippen molar-refractivity contribution in [2.45, 2.75) is 26.8 Å². The zero-order valence-corrected chi connectivity index (χ0v) is 13.5. The predicted molar refractivity (Wildman–Crippen MR) is 86.1 cm³/mol. The lowest BCUT2D eigenvalue weighted by atomic mass is 10.1. The van der Waals surface area contributed by atoms with Crippen LogP contribution in [-0.2, 0) is 4.79 Å². The number of carbonyl (C=O) groups excluding carboxylic acids is 1. The molecule has 3 nitrogen and oxygen atoms in total. The zero-order valence-electron chi connectivity index (χ0n) is 13.5. The summed E-state index contributed by atoms with van der Waals surface area (Å²) in [6, 6.07) is 9.39. The van der Waals surface area contributed by atoms with Gasteiger partial charge in [0.15, 0.2) is 18.2 Å². The summed E-state index contributed by atoms with van der Waals surface area (Å²) < 4.78 is 26.2. The lowest BCUT2D eigenvalue weighted by Crippen LogP contribution is -2.86. The van der Waals surface area contributed by atoms with Gasteiger partial charge in [-0.15, -0.1) is 0 Å². The molecule has 0 aliphatic rings. The molecule has 0 radical (unpaired) electrons. The molecule has 5 heteroatoms. The van der Waals surface area contributed by atoms with E-state index in [-0.39, 0.29) is 18.5 Å². The molecule has 3 N–H and O–H groups in total. The van der Waals surface area contributed by atoms with Crippen LogP contribution < -0.4 is 10.6 Å². The van der Waals surface area contributed by atoms with E-state index in [4.69, 9.17) is 0 Å². The number of hydrogen-bond acceptors (Lipinski definition) is 1. The molecule has 0 aliphatic carbocycles. The van der Waals surface area contributed by atoms with Crippen molar-refractivity contribution in [3.8, 4) is 0 Å². The number of aryl methyl sites for hydroxylation is 2. The Balaban J connectivity index is 1.90. The largest absolute Gasteiger partial charge is 0.333 e. The molecular weight excluding hydrogens is 298 g/mol. The van der Waals surface area contributed by atoms with Gasteiger partial charge in [0.1, 0.15) is 6.04 Å². The molecule has 0 saturated carbocycles. The molecular formula is C18H21F2N2O+. The SMILES string of the molecule is Cc1ccc(NC(=O)C[NH2+][C@H](C)c2ccc(F)c(F)c2)cc1C. The van der Waals surface area contributed by atoms with Gasteiger partial charge in [0.2, 0.25) is 0 Å². The zero-order chi connectivity index (χ0) is 17.0. The van der Waals surface area contributed by atoms with Crippen molar-refractivity contribution in [2.24, 2.45) is 0 Å². The van der Waals surface area contributed by atoms with Gasteiger partial charge in [-0.3, -0.25) is 4.79 Å². The first-order valence-electron chi connectivity index (χ1n) is 7.52. The van der Waals surface area contributed by atoms with Gasteiger partial charge in [0.25, 0.3) is 5.91 Å². The van der Waals surface area contributed by atoms with E-state index in [9.17, 15) is 13.6 Å². The number of quaternary nitrogens is 1. The van der Waals surface area contributed by atoms with Crippen LogP contribution in [0.1, 0.15) is 29.7 Å². The lowest BCUT2D eigenvalue weighted by molar-refractivity contribution is -0.682. The summed E-state index contributed by atoms with van der Waals surface area (Å²) in [4.78, 5) is 12.0. The van der Waals surface area contributed by atoms with Crippen LogP contribution in [0.5, 0.6) is 0 Å². The van der Waals surface area contributed by atoms with Crippen LogP contribution in [0.2, 0.25) is 0 Å². The van der Waals surface area contributed by atoms with Gasteiger partial charge in [0.05, 0.1) is 0 Å². The van der Waals surface area contributed by atoms with Crippen LogP contribution in [0, 0.1) is 25.5 Å². The van der Waals surface area contributed by atoms with Crippen LogP contribution in [0.4, 0.5) is 14.5 Å². The highest BCUT2D eigenvalue weighted by atomic mass is 19.2. The molecule has 2 aromatic rings. The second kappa shape index (κ2) is 7.33. The number of halogens is 2. The van der Waals surface area contributed by atoms with E-state index in [0.29, 0.717) is 5.56 Å². The maximum atomic E-state index is 13.2. The molecule has 0 bridgehead atoms. The first kappa shape index (κ1) is 17.1. The fourth-order valence-electron chi connectivity index (χ4n) is 2.25. The summed E-state index contributed by atoms with van der Waals surface area (Å²) in [5.74, 6) is -1.88. The first-order valence-corrected chi connectivity index (χ1v) is 7.52. The summed E-state index contributed by atoms with van der Waals surface area (Å²) >= 11 is 0. The minimum absolute atomic E-state index is 0.136. The second-order valence-corrected chi connectivity index (χ2v) is 5.75. The predicted octanol–water partition coefficient (Wildman–Crippen LogP) is 2.84. The minimum atomic E-state index is -0.873. The van der Waals surface area contributed by atoms with Crippen molar-refractivity contribution >= 4 is 11.6 Å². The fraction of sp³-hybridized carbons (Fsp3) is 0.278. The number of carbonyl (C=O) groups is 1. The smallest absolute Gasteiger partial charge is 0.279 e. The number of benzene rings is 2. The van der Waals surface area contributed by atoms with Gasteiger partial charge in [-0.2, -0.15) is 0 Å². The van der Waals surface area contributed by atoms with E-state index < -0.39 is 11.6 Å². The van der Waals surface area contributed by atoms with Crippen molar-refractivity contribution in [1.29, 1.82) is 0 Å². The van der Waals surface area contributed by atoms with Gasteiger partial charge in [-0.1, -0.05) is 6.07 Å². The highest BCUT2D eigenvalue weighted by Gasteiger charge is 2.14. The number of anilines is 1. The van der Waals surface area contributed by atoms with Crippen molar-refractivity contribution in [1.82, 2.24) is 0 Å². The molecule has 0 aromatic heterocycles. The molecule has 0 unspecified atom stereocenters. The Morgan fingerprint density at radius 2 is 1.83 bits per heavy atom. The number of nitrogens with one attached hydrogen (secondary N) is 1. The third-order valence-electron chi connectivity index (χ3n) is 3.92. The van der Waals surface area contributed by atoms with Crippen LogP contribution >= 0.6 is 0 Å². The van der Waals surface area contributed by atoms with E-state index in [1.165, 1.54) is 11.6 Å². The number of rotatable bonds is 5. The average molecular weight is 319 g/mol. The highest BCUT2D eigenvalue weighted by molar-refractivity contribution is 5.91. The quantitative estimate of drug-likeness (QED) is 0.874. The molecule has 122 valence electrons. The van der Waals surface area contributed by atoms with Crippen molar-refractivity contribution in [2.75, 3.05) is 11.9 Å². The molecule has 23 heavy (non-hydrogen) atoms. The molecule has 2 aromatic carbocycles. The monoisotopic (exact) mass is 319 g/mol. The molecule has 1 amide bonds. The van der Waals surface area contributed by atoms with Gasteiger partial charge in [-0.25, -0.2) is 8.78 Å². The molecule has 0 heterocycles. The summed E-state index contributed by atoms with van der Waals surface area (Å²) in [7, 11) is 0. The first-order chi connectivity index (χ1) is 10.9. The molecule has 0 fully saturated rings. The Morgan fingerprint density at radius 3 is 2.48 bits per heavy atom. The van der Waals surface area contributed by atoms with Crippen molar-refractivity contribution in [3.05, 3.63) is 64.7 Å². The summed E-state index contributed by atoms with van der Waals surface area (Å²) in [6.45, 7) is 6.05. The minimum Gasteiger partial charge on any atom is -0.333 e. The van der Waals surface area contributed by atoms with Crippen molar-refractivity contribution < 1.29 is 18.9 Å². The van der Waals surface area contributed by atoms with Gasteiger partial charge >= 0.3 is 0 Å². The van der Waals surface area contributed by atoms with Crippen LogP contribution in [0.3, 0.4) is 0 Å². The number of hydrogen-bond donors (Lipinski definition) is 2. The van der Waals surface area contributed by atoms with E-state index in [0.717, 1.165) is 23.4 Å². The third kappa shape index (κ3) is 4.60. The Morgan fingerprint density at radius 1 is 1.09 bits per heavy atom. The Hall–Kier alpha value is -2.27.